The van der Waals surface area contributed by atoms with Crippen LogP contribution in [-0.2, 0) is 0 Å². The van der Waals surface area contributed by atoms with Crippen LogP contribution < -0.4 is 0 Å². The third-order valence-electron chi connectivity index (χ3n) is 5.13. The van der Waals surface area contributed by atoms with Gasteiger partial charge in [0, 0.05) is 0 Å². The molecule has 0 saturated carbocycles. The van der Waals surface area contributed by atoms with Gasteiger partial charge in [-0.25, -0.2) is 0 Å². The molecule has 0 atom stereocenters. The van der Waals surface area contributed by atoms with Crippen molar-refractivity contribution in [3.63, 3.8) is 0 Å². The maximum absolute atomic E-state index is 10.3. The minimum absolute atomic E-state index is 0.660. The van der Waals surface area contributed by atoms with Gasteiger partial charge in [0.25, 0.3) is 17.1 Å². The van der Waals surface area contributed by atoms with E-state index in [9.17, 15) is 30.3 Å². The smallest absolute Gasteiger partial charge is 0.258 e. The fourth-order valence-corrected chi connectivity index (χ4v) is 3.59. The van der Waals surface area contributed by atoms with Crippen molar-refractivity contribution in [1.29, 1.82) is 0 Å². The highest BCUT2D eigenvalue weighted by molar-refractivity contribution is 6.11. The van der Waals surface area contributed by atoms with Crippen molar-refractivity contribution in [2.45, 2.75) is 0 Å². The van der Waals surface area contributed by atoms with E-state index in [0.717, 1.165) is 0 Å². The van der Waals surface area contributed by atoms with Gasteiger partial charge in [0.05, 0.1) is 33.0 Å². The fourth-order valence-electron chi connectivity index (χ4n) is 3.59. The Hall–Kier alpha value is -4.92. The highest BCUT2D eigenvalue weighted by Gasteiger charge is 2.21. The normalized spacial score (nSPS) is 10.5. The monoisotopic (exact) mass is 441 g/mol. The first kappa shape index (κ1) is 21.3. The molecule has 33 heavy (non-hydrogen) atoms. The van der Waals surface area contributed by atoms with Crippen LogP contribution in [-0.4, -0.2) is 14.8 Å². The molecule has 0 fully saturated rings. The summed E-state index contributed by atoms with van der Waals surface area (Å²) < 4.78 is 0. The van der Waals surface area contributed by atoms with E-state index in [4.69, 9.17) is 0 Å². The van der Waals surface area contributed by atoms with E-state index in [2.05, 4.69) is 72.8 Å². The van der Waals surface area contributed by atoms with Crippen molar-refractivity contribution < 1.29 is 14.8 Å². The number of nitrogens with zero attached hydrogens (tertiary/aromatic N) is 3. The highest BCUT2D eigenvalue weighted by Crippen LogP contribution is 2.29. The van der Waals surface area contributed by atoms with Gasteiger partial charge in [-0.05, 0) is 44.5 Å². The number of nitro groups is 3. The van der Waals surface area contributed by atoms with Crippen LogP contribution >= 0.6 is 0 Å². The van der Waals surface area contributed by atoms with Crippen molar-refractivity contribution in [3.8, 4) is 0 Å². The third-order valence-corrected chi connectivity index (χ3v) is 5.13. The molecule has 5 rings (SSSR count). The molecule has 0 heterocycles. The number of hydrogen-bond acceptors (Lipinski definition) is 6. The molecule has 0 aliphatic carbocycles. The van der Waals surface area contributed by atoms with Crippen LogP contribution in [0.5, 0.6) is 0 Å². The molecule has 5 aromatic rings. The summed E-state index contributed by atoms with van der Waals surface area (Å²) in [4.78, 5) is 28.1. The van der Waals surface area contributed by atoms with Crippen molar-refractivity contribution >= 4 is 49.4 Å². The number of nitro benzene ring substituents is 3. The summed E-state index contributed by atoms with van der Waals surface area (Å²) in [5, 5.41) is 38.8. The minimum Gasteiger partial charge on any atom is -0.258 e. The number of fused-ring (bicyclic) bond motifs is 4. The Morgan fingerprint density at radius 1 is 0.424 bits per heavy atom. The lowest BCUT2D eigenvalue weighted by molar-refractivity contribution is -0.403. The Morgan fingerprint density at radius 3 is 1.36 bits per heavy atom. The molecule has 0 bridgehead atoms. The van der Waals surface area contributed by atoms with Crippen molar-refractivity contribution in [2.75, 3.05) is 0 Å². The molecule has 0 saturated heterocycles. The first-order valence-corrected chi connectivity index (χ1v) is 9.72. The maximum atomic E-state index is 10.3. The second-order valence-electron chi connectivity index (χ2n) is 7.19. The van der Waals surface area contributed by atoms with Crippen molar-refractivity contribution in [3.05, 3.63) is 121 Å². The second kappa shape index (κ2) is 8.67. The van der Waals surface area contributed by atoms with E-state index in [0.29, 0.717) is 18.2 Å². The topological polar surface area (TPSA) is 129 Å². The summed E-state index contributed by atoms with van der Waals surface area (Å²) in [7, 11) is 0. The van der Waals surface area contributed by atoms with E-state index < -0.39 is 31.8 Å². The zero-order valence-electron chi connectivity index (χ0n) is 17.0. The quantitative estimate of drug-likeness (QED) is 0.135. The molecule has 0 aliphatic heterocycles. The molecule has 0 N–H and O–H groups in total. The van der Waals surface area contributed by atoms with Crippen LogP contribution in [0.2, 0.25) is 0 Å². The fraction of sp³-hybridized carbons (Fsp3) is 0. The molecular formula is C24H15N3O6. The van der Waals surface area contributed by atoms with Gasteiger partial charge in [-0.2, -0.15) is 0 Å². The van der Waals surface area contributed by atoms with Crippen LogP contribution in [0, 0.1) is 30.3 Å². The standard InChI is InChI=1S/C18H12.C6H3N3O6/c1-2-7-15-12-18-16(11-14(15)6-1)10-9-13-5-3-4-8-17(13)18;10-7(11)4-1-5(8(12)13)3-6(2-4)9(14)15/h1-12H;1-3H. The van der Waals surface area contributed by atoms with Crippen molar-refractivity contribution in [2.24, 2.45) is 0 Å². The molecule has 0 amide bonds. The summed E-state index contributed by atoms with van der Waals surface area (Å²) in [5.74, 6) is 0. The van der Waals surface area contributed by atoms with Crippen LogP contribution in [0.15, 0.2) is 91.0 Å². The summed E-state index contributed by atoms with van der Waals surface area (Å²) in [6.45, 7) is 0. The SMILES string of the molecule is O=[N+]([O-])c1cc([N+](=O)[O-])cc([N+](=O)[O-])c1.c1ccc2cc3c(ccc4ccccc43)cc2c1. The zero-order chi connectivity index (χ0) is 23.5. The number of rotatable bonds is 3. The van der Waals surface area contributed by atoms with E-state index in [-0.39, 0.29) is 0 Å². The Bertz CT molecular complexity index is 1480. The Morgan fingerprint density at radius 2 is 0.848 bits per heavy atom. The van der Waals surface area contributed by atoms with Gasteiger partial charge in [-0.15, -0.1) is 0 Å². The third kappa shape index (κ3) is 4.42. The largest absolute Gasteiger partial charge is 0.283 e. The molecule has 162 valence electrons. The summed E-state index contributed by atoms with van der Waals surface area (Å²) in [5.41, 5.74) is -2.05. The van der Waals surface area contributed by atoms with Gasteiger partial charge in [0.15, 0.2) is 0 Å². The molecular weight excluding hydrogens is 426 g/mol. The average molecular weight is 441 g/mol. The van der Waals surface area contributed by atoms with Gasteiger partial charge in [0.2, 0.25) is 0 Å². The highest BCUT2D eigenvalue weighted by atomic mass is 16.6. The van der Waals surface area contributed by atoms with E-state index >= 15 is 0 Å². The molecule has 9 heteroatoms. The van der Waals surface area contributed by atoms with Gasteiger partial charge in [-0.1, -0.05) is 60.7 Å². The zero-order valence-corrected chi connectivity index (χ0v) is 17.0. The van der Waals surface area contributed by atoms with Crippen LogP contribution in [0.1, 0.15) is 0 Å². The van der Waals surface area contributed by atoms with Crippen molar-refractivity contribution in [1.82, 2.24) is 0 Å². The lowest BCUT2D eigenvalue weighted by Crippen LogP contribution is -1.96. The molecule has 0 spiro atoms. The number of non-ortho nitro benzene ring substituents is 3. The molecule has 9 nitrogen and oxygen atoms in total. The molecule has 0 unspecified atom stereocenters. The van der Waals surface area contributed by atoms with Gasteiger partial charge < -0.3 is 0 Å². The first-order valence-electron chi connectivity index (χ1n) is 9.72. The predicted octanol–water partition coefficient (Wildman–Crippen LogP) is 6.56. The predicted molar refractivity (Wildman–Crippen MR) is 125 cm³/mol. The lowest BCUT2D eigenvalue weighted by Gasteiger charge is -2.06. The van der Waals surface area contributed by atoms with Gasteiger partial charge in [-0.3, -0.25) is 30.3 Å². The molecule has 5 aromatic carbocycles. The Kier molecular flexibility index (Phi) is 5.60. The number of benzene rings is 5. The van der Waals surface area contributed by atoms with Gasteiger partial charge in [0.1, 0.15) is 0 Å². The van der Waals surface area contributed by atoms with Crippen LogP contribution in [0.4, 0.5) is 17.1 Å². The second-order valence-corrected chi connectivity index (χ2v) is 7.19. The van der Waals surface area contributed by atoms with E-state index in [1.807, 2.05) is 0 Å². The summed E-state index contributed by atoms with van der Waals surface area (Å²) in [6.07, 6.45) is 0. The Labute approximate surface area is 185 Å². The van der Waals surface area contributed by atoms with E-state index in [1.165, 1.54) is 32.3 Å². The Balaban J connectivity index is 0.000000161. The average Bonchev–Trinajstić information content (AvgIpc) is 2.82. The molecule has 0 aromatic heterocycles. The van der Waals surface area contributed by atoms with Crippen LogP contribution in [0.25, 0.3) is 32.3 Å². The maximum Gasteiger partial charge on any atom is 0.283 e. The van der Waals surface area contributed by atoms with E-state index in [1.54, 1.807) is 0 Å². The minimum atomic E-state index is -0.931. The first-order chi connectivity index (χ1) is 15.8. The molecule has 0 aliphatic rings. The lowest BCUT2D eigenvalue weighted by atomic mass is 9.98. The summed E-state index contributed by atoms with van der Waals surface area (Å²) >= 11 is 0. The van der Waals surface area contributed by atoms with Gasteiger partial charge >= 0.3 is 0 Å². The summed E-state index contributed by atoms with van der Waals surface area (Å²) in [6, 6.07) is 28.1. The van der Waals surface area contributed by atoms with Crippen LogP contribution in [0.3, 0.4) is 0 Å². The number of hydrogen-bond donors (Lipinski definition) is 0. The molecule has 0 radical (unpaired) electrons.